The van der Waals surface area contributed by atoms with Gasteiger partial charge in [-0.3, -0.25) is 0 Å². The minimum atomic E-state index is 0.548. The van der Waals surface area contributed by atoms with Gasteiger partial charge in [-0.1, -0.05) is 25.8 Å². The second-order valence-corrected chi connectivity index (χ2v) is 6.29. The van der Waals surface area contributed by atoms with Crippen molar-refractivity contribution in [3.8, 4) is 17.6 Å². The SMILES string of the molecule is CCCCCOc1ccc(/C=C(/C#N)c2nc(C)cs2)cc1OC. The zero-order valence-electron chi connectivity index (χ0n) is 14.3. The maximum Gasteiger partial charge on any atom is 0.161 e. The van der Waals surface area contributed by atoms with E-state index in [-0.39, 0.29) is 0 Å². The minimum absolute atomic E-state index is 0.548. The van der Waals surface area contributed by atoms with Gasteiger partial charge in [-0.25, -0.2) is 4.98 Å². The molecule has 2 aromatic rings. The van der Waals surface area contributed by atoms with E-state index >= 15 is 0 Å². The van der Waals surface area contributed by atoms with Crippen LogP contribution in [0.4, 0.5) is 0 Å². The molecular weight excluding hydrogens is 320 g/mol. The van der Waals surface area contributed by atoms with Crippen LogP contribution in [0.15, 0.2) is 23.6 Å². The van der Waals surface area contributed by atoms with Crippen molar-refractivity contribution in [2.24, 2.45) is 0 Å². The average molecular weight is 342 g/mol. The Labute approximate surface area is 147 Å². The van der Waals surface area contributed by atoms with E-state index in [0.29, 0.717) is 17.9 Å². The van der Waals surface area contributed by atoms with Crippen molar-refractivity contribution in [2.45, 2.75) is 33.1 Å². The zero-order chi connectivity index (χ0) is 17.4. The average Bonchev–Trinajstić information content (AvgIpc) is 3.03. The second-order valence-electron chi connectivity index (χ2n) is 5.43. The molecule has 0 unspecified atom stereocenters. The van der Waals surface area contributed by atoms with Crippen molar-refractivity contribution in [2.75, 3.05) is 13.7 Å². The molecular formula is C19H22N2O2S. The smallest absolute Gasteiger partial charge is 0.161 e. The van der Waals surface area contributed by atoms with Crippen LogP contribution in [0.2, 0.25) is 0 Å². The number of benzene rings is 1. The number of ether oxygens (including phenoxy) is 2. The van der Waals surface area contributed by atoms with E-state index in [4.69, 9.17) is 9.47 Å². The molecule has 0 aliphatic heterocycles. The highest BCUT2D eigenvalue weighted by atomic mass is 32.1. The monoisotopic (exact) mass is 342 g/mol. The van der Waals surface area contributed by atoms with E-state index in [1.807, 2.05) is 36.6 Å². The topological polar surface area (TPSA) is 55.1 Å². The van der Waals surface area contributed by atoms with E-state index in [0.717, 1.165) is 41.3 Å². The number of nitriles is 1. The molecule has 0 aliphatic rings. The molecule has 0 saturated carbocycles. The van der Waals surface area contributed by atoms with Crippen molar-refractivity contribution >= 4 is 23.0 Å². The summed E-state index contributed by atoms with van der Waals surface area (Å²) >= 11 is 1.47. The Hall–Kier alpha value is -2.32. The summed E-state index contributed by atoms with van der Waals surface area (Å²) in [6.07, 6.45) is 5.17. The molecule has 0 spiro atoms. The number of hydrogen-bond donors (Lipinski definition) is 0. The van der Waals surface area contributed by atoms with E-state index in [9.17, 15) is 5.26 Å². The van der Waals surface area contributed by atoms with Gasteiger partial charge in [0.2, 0.25) is 0 Å². The van der Waals surface area contributed by atoms with Crippen molar-refractivity contribution in [1.82, 2.24) is 4.98 Å². The van der Waals surface area contributed by atoms with Crippen LogP contribution >= 0.6 is 11.3 Å². The van der Waals surface area contributed by atoms with Crippen molar-refractivity contribution in [3.05, 3.63) is 39.8 Å². The van der Waals surface area contributed by atoms with E-state index in [1.165, 1.54) is 11.3 Å². The van der Waals surface area contributed by atoms with Crippen LogP contribution in [-0.4, -0.2) is 18.7 Å². The predicted octanol–water partition coefficient (Wildman–Crippen LogP) is 5.09. The minimum Gasteiger partial charge on any atom is -0.493 e. The molecule has 0 saturated heterocycles. The number of hydrogen-bond acceptors (Lipinski definition) is 5. The van der Waals surface area contributed by atoms with Crippen LogP contribution in [0.5, 0.6) is 11.5 Å². The van der Waals surface area contributed by atoms with Gasteiger partial charge in [-0.15, -0.1) is 11.3 Å². The number of allylic oxidation sites excluding steroid dienone is 1. The first kappa shape index (κ1) is 18.0. The molecule has 1 aromatic carbocycles. The van der Waals surface area contributed by atoms with Crippen LogP contribution in [0.3, 0.4) is 0 Å². The van der Waals surface area contributed by atoms with Gasteiger partial charge in [0.1, 0.15) is 11.1 Å². The van der Waals surface area contributed by atoms with Crippen LogP contribution in [0, 0.1) is 18.3 Å². The fraction of sp³-hybridized carbons (Fsp3) is 0.368. The Morgan fingerprint density at radius 1 is 1.33 bits per heavy atom. The number of nitrogens with zero attached hydrogens (tertiary/aromatic N) is 2. The maximum absolute atomic E-state index is 9.39. The molecule has 0 fully saturated rings. The first-order chi connectivity index (χ1) is 11.7. The summed E-state index contributed by atoms with van der Waals surface area (Å²) in [5.74, 6) is 1.40. The molecule has 0 radical (unpaired) electrons. The summed E-state index contributed by atoms with van der Waals surface area (Å²) in [4.78, 5) is 4.37. The number of aromatic nitrogens is 1. The summed E-state index contributed by atoms with van der Waals surface area (Å²) in [6.45, 7) is 4.77. The van der Waals surface area contributed by atoms with Gasteiger partial charge >= 0.3 is 0 Å². The predicted molar refractivity (Wildman–Crippen MR) is 98.3 cm³/mol. The van der Waals surface area contributed by atoms with Gasteiger partial charge in [0.15, 0.2) is 11.5 Å². The summed E-state index contributed by atoms with van der Waals surface area (Å²) in [7, 11) is 1.62. The molecule has 4 nitrogen and oxygen atoms in total. The fourth-order valence-electron chi connectivity index (χ4n) is 2.21. The van der Waals surface area contributed by atoms with Gasteiger partial charge < -0.3 is 9.47 Å². The van der Waals surface area contributed by atoms with Crippen molar-refractivity contribution in [3.63, 3.8) is 0 Å². The third-order valence-corrected chi connectivity index (χ3v) is 4.47. The van der Waals surface area contributed by atoms with Gasteiger partial charge in [-0.05, 0) is 37.1 Å². The number of aryl methyl sites for hydroxylation is 1. The van der Waals surface area contributed by atoms with Gasteiger partial charge in [0, 0.05) is 11.1 Å². The molecule has 0 atom stereocenters. The van der Waals surface area contributed by atoms with E-state index in [1.54, 1.807) is 7.11 Å². The molecule has 0 bridgehead atoms. The summed E-state index contributed by atoms with van der Waals surface area (Å²) < 4.78 is 11.2. The molecule has 2 rings (SSSR count). The third kappa shape index (κ3) is 4.84. The zero-order valence-corrected chi connectivity index (χ0v) is 15.2. The maximum atomic E-state index is 9.39. The lowest BCUT2D eigenvalue weighted by molar-refractivity contribution is 0.286. The van der Waals surface area contributed by atoms with Gasteiger partial charge in [-0.2, -0.15) is 5.26 Å². The highest BCUT2D eigenvalue weighted by Crippen LogP contribution is 2.30. The standard InChI is InChI=1S/C19H22N2O2S/c1-4-5-6-9-23-17-8-7-15(11-18(17)22-3)10-16(12-20)19-21-14(2)13-24-19/h7-8,10-11,13H,4-6,9H2,1-3H3/b16-10-. The third-order valence-electron chi connectivity index (χ3n) is 3.47. The first-order valence-corrected chi connectivity index (χ1v) is 8.91. The number of unbranched alkanes of at least 4 members (excludes halogenated alkanes) is 2. The molecule has 126 valence electrons. The summed E-state index contributed by atoms with van der Waals surface area (Å²) in [5.41, 5.74) is 2.36. The van der Waals surface area contributed by atoms with Gasteiger partial charge in [0.05, 0.1) is 19.3 Å². The highest BCUT2D eigenvalue weighted by molar-refractivity contribution is 7.11. The lowest BCUT2D eigenvalue weighted by atomic mass is 10.1. The molecule has 0 amide bonds. The quantitative estimate of drug-likeness (QED) is 0.495. The fourth-order valence-corrected chi connectivity index (χ4v) is 2.98. The number of thiazole rings is 1. The molecule has 0 N–H and O–H groups in total. The van der Waals surface area contributed by atoms with Crippen molar-refractivity contribution < 1.29 is 9.47 Å². The molecule has 0 aliphatic carbocycles. The lowest BCUT2D eigenvalue weighted by Gasteiger charge is -2.11. The highest BCUT2D eigenvalue weighted by Gasteiger charge is 2.08. The normalized spacial score (nSPS) is 11.2. The number of methoxy groups -OCH3 is 1. The van der Waals surface area contributed by atoms with E-state index < -0.39 is 0 Å². The summed E-state index contributed by atoms with van der Waals surface area (Å²) in [5, 5.41) is 12.1. The van der Waals surface area contributed by atoms with E-state index in [2.05, 4.69) is 18.0 Å². The molecule has 5 heteroatoms. The second kappa shape index (κ2) is 9.09. The Morgan fingerprint density at radius 2 is 2.17 bits per heavy atom. The Bertz CT molecular complexity index is 744. The lowest BCUT2D eigenvalue weighted by Crippen LogP contribution is -1.99. The Balaban J connectivity index is 2.19. The molecule has 1 heterocycles. The molecule has 1 aromatic heterocycles. The van der Waals surface area contributed by atoms with Crippen LogP contribution in [0.1, 0.15) is 42.5 Å². The Kier molecular flexibility index (Phi) is 6.83. The van der Waals surface area contributed by atoms with Crippen LogP contribution in [0.25, 0.3) is 11.6 Å². The molecule has 24 heavy (non-hydrogen) atoms. The van der Waals surface area contributed by atoms with Crippen LogP contribution in [-0.2, 0) is 0 Å². The number of rotatable bonds is 8. The largest absolute Gasteiger partial charge is 0.493 e. The summed E-state index contributed by atoms with van der Waals surface area (Å²) in [6, 6.07) is 7.91. The van der Waals surface area contributed by atoms with Crippen molar-refractivity contribution in [1.29, 1.82) is 5.26 Å². The van der Waals surface area contributed by atoms with Gasteiger partial charge in [0.25, 0.3) is 0 Å². The Morgan fingerprint density at radius 3 is 2.79 bits per heavy atom. The first-order valence-electron chi connectivity index (χ1n) is 8.03. The van der Waals surface area contributed by atoms with Crippen LogP contribution < -0.4 is 9.47 Å².